The standard InChI is InChI=1S/C29H33ClO4.HI/c1-2-27(22-8-4-3-5-9-22)29(31,23-11-15-25(16-12-23)32-21-19-30)24-13-17-26(18-14-24)34-28-10-6-7-20-33-28;/h3-5,8-9,11-18,27-28,31H,2,6-7,10,19-21H2,1H3;1H. The smallest absolute Gasteiger partial charge is 0.199 e. The molecule has 1 aliphatic heterocycles. The van der Waals surface area contributed by atoms with E-state index in [0.29, 0.717) is 12.5 Å². The number of ether oxygens (including phenoxy) is 3. The van der Waals surface area contributed by atoms with Crippen molar-refractivity contribution in [1.29, 1.82) is 0 Å². The van der Waals surface area contributed by atoms with E-state index in [4.69, 9.17) is 25.8 Å². The fourth-order valence-corrected chi connectivity index (χ4v) is 4.81. The van der Waals surface area contributed by atoms with Gasteiger partial charge in [0.05, 0.1) is 12.5 Å². The van der Waals surface area contributed by atoms with E-state index in [0.717, 1.165) is 60.5 Å². The summed E-state index contributed by atoms with van der Waals surface area (Å²) in [6, 6.07) is 25.6. The molecule has 0 spiro atoms. The number of halogens is 2. The van der Waals surface area contributed by atoms with Gasteiger partial charge < -0.3 is 19.3 Å². The van der Waals surface area contributed by atoms with Crippen molar-refractivity contribution in [3.05, 3.63) is 95.6 Å². The normalized spacial score (nSPS) is 18.1. The SMILES string of the molecule is CCC(c1ccccc1)C(O)(c1ccc(OCCCl)cc1)c1ccc(OC2CCCCO2)cc1.I. The third kappa shape index (κ3) is 6.70. The Morgan fingerprint density at radius 1 is 0.943 bits per heavy atom. The van der Waals surface area contributed by atoms with E-state index in [1.807, 2.05) is 66.7 Å². The highest BCUT2D eigenvalue weighted by molar-refractivity contribution is 14.0. The zero-order valence-corrected chi connectivity index (χ0v) is 23.2. The van der Waals surface area contributed by atoms with Crippen LogP contribution in [0.3, 0.4) is 0 Å². The lowest BCUT2D eigenvalue weighted by atomic mass is 9.72. The second-order valence-corrected chi connectivity index (χ2v) is 9.02. The van der Waals surface area contributed by atoms with Gasteiger partial charge in [-0.25, -0.2) is 0 Å². The van der Waals surface area contributed by atoms with E-state index in [-0.39, 0.29) is 36.2 Å². The van der Waals surface area contributed by atoms with Gasteiger partial charge in [-0.1, -0.05) is 61.5 Å². The number of hydrogen-bond acceptors (Lipinski definition) is 4. The molecule has 1 fully saturated rings. The van der Waals surface area contributed by atoms with Crippen LogP contribution in [0.5, 0.6) is 11.5 Å². The molecule has 188 valence electrons. The van der Waals surface area contributed by atoms with Crippen molar-refractivity contribution in [2.45, 2.75) is 50.4 Å². The molecular formula is C29H34ClIO4. The lowest BCUT2D eigenvalue weighted by Crippen LogP contribution is -2.35. The summed E-state index contributed by atoms with van der Waals surface area (Å²) in [7, 11) is 0. The Morgan fingerprint density at radius 3 is 2.11 bits per heavy atom. The maximum absolute atomic E-state index is 12.4. The lowest BCUT2D eigenvalue weighted by molar-refractivity contribution is -0.105. The Balaban J connectivity index is 0.00000342. The van der Waals surface area contributed by atoms with Crippen LogP contribution in [-0.4, -0.2) is 30.5 Å². The summed E-state index contributed by atoms with van der Waals surface area (Å²) >= 11 is 5.75. The van der Waals surface area contributed by atoms with E-state index in [9.17, 15) is 5.11 Å². The van der Waals surface area contributed by atoms with Crippen LogP contribution < -0.4 is 9.47 Å². The van der Waals surface area contributed by atoms with Crippen LogP contribution in [-0.2, 0) is 10.3 Å². The highest BCUT2D eigenvalue weighted by Gasteiger charge is 2.40. The first kappa shape index (κ1) is 27.8. The van der Waals surface area contributed by atoms with Gasteiger partial charge >= 0.3 is 0 Å². The summed E-state index contributed by atoms with van der Waals surface area (Å²) in [6.07, 6.45) is 3.66. The number of rotatable bonds is 10. The molecule has 0 radical (unpaired) electrons. The zero-order valence-electron chi connectivity index (χ0n) is 20.1. The molecule has 4 nitrogen and oxygen atoms in total. The first-order chi connectivity index (χ1) is 16.6. The largest absolute Gasteiger partial charge is 0.492 e. The van der Waals surface area contributed by atoms with Gasteiger partial charge in [-0.2, -0.15) is 0 Å². The third-order valence-electron chi connectivity index (χ3n) is 6.45. The predicted octanol–water partition coefficient (Wildman–Crippen LogP) is 7.26. The maximum atomic E-state index is 12.4. The number of alkyl halides is 1. The summed E-state index contributed by atoms with van der Waals surface area (Å²) in [6.45, 7) is 3.29. The molecule has 6 heteroatoms. The molecule has 3 unspecified atom stereocenters. The van der Waals surface area contributed by atoms with Crippen LogP contribution in [0.25, 0.3) is 0 Å². The van der Waals surface area contributed by atoms with Gasteiger partial charge in [0.15, 0.2) is 6.29 Å². The molecule has 0 amide bonds. The van der Waals surface area contributed by atoms with Crippen LogP contribution in [0.1, 0.15) is 55.2 Å². The van der Waals surface area contributed by atoms with Gasteiger partial charge in [0.2, 0.25) is 0 Å². The summed E-state index contributed by atoms with van der Waals surface area (Å²) in [5.41, 5.74) is 1.48. The van der Waals surface area contributed by atoms with Crippen molar-refractivity contribution < 1.29 is 19.3 Å². The molecule has 1 saturated heterocycles. The van der Waals surface area contributed by atoms with Gasteiger partial charge in [0, 0.05) is 12.3 Å². The minimum atomic E-state index is -1.24. The minimum Gasteiger partial charge on any atom is -0.492 e. The number of benzene rings is 3. The lowest BCUT2D eigenvalue weighted by Gasteiger charge is -2.37. The Bertz CT molecular complexity index is 1010. The monoisotopic (exact) mass is 608 g/mol. The van der Waals surface area contributed by atoms with Crippen LogP contribution >= 0.6 is 35.6 Å². The van der Waals surface area contributed by atoms with Gasteiger partial charge in [0.25, 0.3) is 0 Å². The maximum Gasteiger partial charge on any atom is 0.199 e. The average molecular weight is 609 g/mol. The second kappa shape index (κ2) is 13.5. The van der Waals surface area contributed by atoms with Crippen molar-refractivity contribution in [3.8, 4) is 11.5 Å². The molecule has 35 heavy (non-hydrogen) atoms. The Hall–Kier alpha value is -1.80. The van der Waals surface area contributed by atoms with E-state index >= 15 is 0 Å². The minimum absolute atomic E-state index is 0. The molecule has 1 heterocycles. The van der Waals surface area contributed by atoms with E-state index in [1.165, 1.54) is 0 Å². The molecule has 3 atom stereocenters. The molecule has 0 saturated carbocycles. The van der Waals surface area contributed by atoms with Crippen molar-refractivity contribution in [3.63, 3.8) is 0 Å². The predicted molar refractivity (Wildman–Crippen MR) is 151 cm³/mol. The molecular weight excluding hydrogens is 575 g/mol. The second-order valence-electron chi connectivity index (χ2n) is 8.64. The quantitative estimate of drug-likeness (QED) is 0.195. The van der Waals surface area contributed by atoms with Crippen molar-refractivity contribution >= 4 is 35.6 Å². The fourth-order valence-electron chi connectivity index (χ4n) is 4.73. The van der Waals surface area contributed by atoms with Crippen molar-refractivity contribution in [1.82, 2.24) is 0 Å². The Labute approximate surface area is 230 Å². The topological polar surface area (TPSA) is 47.9 Å². The van der Waals surface area contributed by atoms with Gasteiger partial charge in [-0.15, -0.1) is 35.6 Å². The molecule has 1 aliphatic rings. The number of hydrogen-bond donors (Lipinski definition) is 1. The summed E-state index contributed by atoms with van der Waals surface area (Å²) < 4.78 is 17.4. The van der Waals surface area contributed by atoms with E-state index in [1.54, 1.807) is 0 Å². The third-order valence-corrected chi connectivity index (χ3v) is 6.61. The summed E-state index contributed by atoms with van der Waals surface area (Å²) in [5.74, 6) is 1.76. The molecule has 3 aromatic carbocycles. The highest BCUT2D eigenvalue weighted by atomic mass is 127. The molecule has 4 rings (SSSR count). The first-order valence-electron chi connectivity index (χ1n) is 12.1. The first-order valence-corrected chi connectivity index (χ1v) is 12.6. The molecule has 1 N–H and O–H groups in total. The highest BCUT2D eigenvalue weighted by Crippen LogP contribution is 2.45. The fraction of sp³-hybridized carbons (Fsp3) is 0.379. The summed E-state index contributed by atoms with van der Waals surface area (Å²) in [4.78, 5) is 0. The van der Waals surface area contributed by atoms with Crippen molar-refractivity contribution in [2.75, 3.05) is 19.1 Å². The molecule has 3 aromatic rings. The summed E-state index contributed by atoms with van der Waals surface area (Å²) in [5, 5.41) is 12.4. The van der Waals surface area contributed by atoms with E-state index < -0.39 is 5.60 Å². The van der Waals surface area contributed by atoms with Gasteiger partial charge in [-0.3, -0.25) is 0 Å². The van der Waals surface area contributed by atoms with Crippen molar-refractivity contribution in [2.24, 2.45) is 0 Å². The Kier molecular flexibility index (Phi) is 10.7. The Morgan fingerprint density at radius 2 is 1.57 bits per heavy atom. The van der Waals surface area contributed by atoms with Crippen LogP contribution in [0.4, 0.5) is 0 Å². The average Bonchev–Trinajstić information content (AvgIpc) is 2.90. The van der Waals surface area contributed by atoms with Crippen LogP contribution in [0.2, 0.25) is 0 Å². The van der Waals surface area contributed by atoms with Crippen LogP contribution in [0, 0.1) is 0 Å². The molecule has 0 bridgehead atoms. The van der Waals surface area contributed by atoms with Crippen LogP contribution in [0.15, 0.2) is 78.9 Å². The molecule has 0 aliphatic carbocycles. The number of aliphatic hydroxyl groups is 1. The van der Waals surface area contributed by atoms with Gasteiger partial charge in [0.1, 0.15) is 23.7 Å². The zero-order chi connectivity index (χ0) is 23.8. The van der Waals surface area contributed by atoms with E-state index in [2.05, 4.69) is 19.1 Å². The molecule has 0 aromatic heterocycles. The van der Waals surface area contributed by atoms with Gasteiger partial charge in [-0.05, 0) is 60.2 Å².